The van der Waals surface area contributed by atoms with E-state index in [9.17, 15) is 0 Å². The maximum absolute atomic E-state index is 6.69. The molecule has 3 aromatic heterocycles. The lowest BCUT2D eigenvalue weighted by Crippen LogP contribution is -2.30. The monoisotopic (exact) mass is 515 g/mol. The lowest BCUT2D eigenvalue weighted by molar-refractivity contribution is 0.268. The van der Waals surface area contributed by atoms with E-state index in [0.29, 0.717) is 33.8 Å². The highest BCUT2D eigenvalue weighted by molar-refractivity contribution is 6.35. The van der Waals surface area contributed by atoms with Crippen LogP contribution >= 0.6 is 11.6 Å². The molecule has 0 fully saturated rings. The van der Waals surface area contributed by atoms with Crippen LogP contribution in [-0.2, 0) is 13.0 Å². The SMILES string of the molecule is CCN1CCc2cc(Nc3ncc4cc(-c5cc(OC)cc(OC)c5Cl)c5nncn5c4n3)ccc2C1. The molecule has 1 aliphatic rings. The van der Waals surface area contributed by atoms with Crippen molar-refractivity contribution >= 4 is 39.9 Å². The molecule has 1 N–H and O–H groups in total. The van der Waals surface area contributed by atoms with E-state index < -0.39 is 0 Å². The minimum absolute atomic E-state index is 0.459. The van der Waals surface area contributed by atoms with Crippen molar-refractivity contribution in [3.63, 3.8) is 0 Å². The van der Waals surface area contributed by atoms with Crippen LogP contribution in [0.5, 0.6) is 11.5 Å². The number of fused-ring (bicyclic) bond motifs is 4. The van der Waals surface area contributed by atoms with E-state index in [-0.39, 0.29) is 0 Å². The van der Waals surface area contributed by atoms with E-state index in [2.05, 4.69) is 50.5 Å². The maximum atomic E-state index is 6.69. The van der Waals surface area contributed by atoms with Gasteiger partial charge >= 0.3 is 0 Å². The Hall–Kier alpha value is -3.95. The predicted molar refractivity (Wildman–Crippen MR) is 144 cm³/mol. The Bertz CT molecular complexity index is 1640. The molecule has 2 aromatic carbocycles. The summed E-state index contributed by atoms with van der Waals surface area (Å²) < 4.78 is 12.8. The Balaban J connectivity index is 1.40. The number of anilines is 2. The van der Waals surface area contributed by atoms with Crippen molar-refractivity contribution in [1.29, 1.82) is 0 Å². The van der Waals surface area contributed by atoms with Crippen LogP contribution in [0.15, 0.2) is 48.9 Å². The molecule has 5 aromatic rings. The van der Waals surface area contributed by atoms with Crippen LogP contribution < -0.4 is 14.8 Å². The third-order valence-electron chi connectivity index (χ3n) is 6.87. The second kappa shape index (κ2) is 9.49. The van der Waals surface area contributed by atoms with E-state index in [4.69, 9.17) is 26.1 Å². The predicted octanol–water partition coefficient (Wildman–Crippen LogP) is 5.13. The Morgan fingerprint density at radius 1 is 1.03 bits per heavy atom. The van der Waals surface area contributed by atoms with Gasteiger partial charge in [-0.2, -0.15) is 4.98 Å². The largest absolute Gasteiger partial charge is 0.497 e. The minimum Gasteiger partial charge on any atom is -0.497 e. The van der Waals surface area contributed by atoms with E-state index in [1.165, 1.54) is 11.1 Å². The number of nitrogens with one attached hydrogen (secondary N) is 1. The van der Waals surface area contributed by atoms with Crippen LogP contribution in [0.1, 0.15) is 18.1 Å². The summed E-state index contributed by atoms with van der Waals surface area (Å²) in [4.78, 5) is 11.8. The van der Waals surface area contributed by atoms with Gasteiger partial charge < -0.3 is 14.8 Å². The molecule has 0 amide bonds. The van der Waals surface area contributed by atoms with E-state index in [1.807, 2.05) is 16.5 Å². The normalized spacial score (nSPS) is 13.6. The Morgan fingerprint density at radius 2 is 1.92 bits per heavy atom. The number of hydrogen-bond acceptors (Lipinski definition) is 8. The standard InChI is InChI=1S/C27H26ClN7O2/c1-4-34-8-7-16-9-19(6-5-17(16)14-34)31-27-29-13-18-10-22(26-33-30-15-35(26)25(18)32-27)21-11-20(36-2)12-23(37-3)24(21)28/h5-6,9-13,15H,4,7-8,14H2,1-3H3,(H,29,31,32). The molecular formula is C27H26ClN7O2. The van der Waals surface area contributed by atoms with E-state index in [0.717, 1.165) is 48.3 Å². The van der Waals surface area contributed by atoms with Crippen molar-refractivity contribution in [3.05, 3.63) is 65.1 Å². The number of ether oxygens (including phenoxy) is 2. The van der Waals surface area contributed by atoms with Crippen LogP contribution in [0.4, 0.5) is 11.6 Å². The molecule has 0 radical (unpaired) electrons. The smallest absolute Gasteiger partial charge is 0.229 e. The zero-order valence-corrected chi connectivity index (χ0v) is 21.6. The average Bonchev–Trinajstić information content (AvgIpc) is 3.43. The van der Waals surface area contributed by atoms with Crippen LogP contribution in [-0.4, -0.2) is 56.8 Å². The van der Waals surface area contributed by atoms with Crippen molar-refractivity contribution < 1.29 is 9.47 Å². The van der Waals surface area contributed by atoms with Crippen LogP contribution in [0.25, 0.3) is 27.8 Å². The maximum Gasteiger partial charge on any atom is 0.229 e. The highest BCUT2D eigenvalue weighted by Gasteiger charge is 2.19. The summed E-state index contributed by atoms with van der Waals surface area (Å²) in [6, 6.07) is 12.0. The fourth-order valence-electron chi connectivity index (χ4n) is 4.85. The number of halogens is 1. The molecule has 0 saturated heterocycles. The Labute approximate surface area is 219 Å². The summed E-state index contributed by atoms with van der Waals surface area (Å²) in [6.45, 7) is 5.35. The summed E-state index contributed by atoms with van der Waals surface area (Å²) in [6.07, 6.45) is 4.47. The van der Waals surface area contributed by atoms with Crippen molar-refractivity contribution in [2.45, 2.75) is 19.9 Å². The first-order chi connectivity index (χ1) is 18.1. The molecule has 9 nitrogen and oxygen atoms in total. The van der Waals surface area contributed by atoms with Crippen LogP contribution in [0.2, 0.25) is 5.02 Å². The van der Waals surface area contributed by atoms with Gasteiger partial charge in [0.1, 0.15) is 17.8 Å². The van der Waals surface area contributed by atoms with Gasteiger partial charge in [0.2, 0.25) is 5.95 Å². The summed E-state index contributed by atoms with van der Waals surface area (Å²) in [5.74, 6) is 1.64. The molecule has 0 atom stereocenters. The first-order valence-corrected chi connectivity index (χ1v) is 12.5. The van der Waals surface area contributed by atoms with E-state index in [1.54, 1.807) is 32.8 Å². The molecule has 37 heavy (non-hydrogen) atoms. The average molecular weight is 516 g/mol. The lowest BCUT2D eigenvalue weighted by Gasteiger charge is -2.27. The second-order valence-corrected chi connectivity index (χ2v) is 9.35. The first kappa shape index (κ1) is 23.4. The summed E-state index contributed by atoms with van der Waals surface area (Å²) in [5.41, 5.74) is 6.50. The van der Waals surface area contributed by atoms with Gasteiger partial charge in [-0.25, -0.2) is 4.98 Å². The number of aromatic nitrogens is 5. The molecular weight excluding hydrogens is 490 g/mol. The lowest BCUT2D eigenvalue weighted by atomic mass is 9.99. The van der Waals surface area contributed by atoms with Gasteiger partial charge in [0.05, 0.1) is 19.2 Å². The number of pyridine rings is 1. The zero-order valence-electron chi connectivity index (χ0n) is 20.8. The fraction of sp³-hybridized carbons (Fsp3) is 0.259. The van der Waals surface area contributed by atoms with E-state index >= 15 is 0 Å². The topological polar surface area (TPSA) is 89.7 Å². The highest BCUT2D eigenvalue weighted by atomic mass is 35.5. The van der Waals surface area contributed by atoms with Crippen molar-refractivity contribution in [2.75, 3.05) is 32.6 Å². The molecule has 6 rings (SSSR count). The third-order valence-corrected chi connectivity index (χ3v) is 7.26. The number of hydrogen-bond donors (Lipinski definition) is 1. The quantitative estimate of drug-likeness (QED) is 0.333. The molecule has 1 aliphatic heterocycles. The second-order valence-electron chi connectivity index (χ2n) is 8.97. The van der Waals surface area contributed by atoms with Gasteiger partial charge in [0, 0.05) is 47.6 Å². The minimum atomic E-state index is 0.459. The van der Waals surface area contributed by atoms with Crippen LogP contribution in [0.3, 0.4) is 0 Å². The van der Waals surface area contributed by atoms with Gasteiger partial charge in [0.15, 0.2) is 11.3 Å². The number of methoxy groups -OCH3 is 2. The molecule has 188 valence electrons. The van der Waals surface area contributed by atoms with Crippen LogP contribution in [0, 0.1) is 0 Å². The molecule has 0 bridgehead atoms. The Kier molecular flexibility index (Phi) is 6.02. The van der Waals surface area contributed by atoms with Crippen molar-refractivity contribution in [1.82, 2.24) is 29.5 Å². The van der Waals surface area contributed by atoms with Gasteiger partial charge in [0.25, 0.3) is 0 Å². The van der Waals surface area contributed by atoms with Gasteiger partial charge in [-0.3, -0.25) is 9.30 Å². The number of rotatable bonds is 6. The molecule has 4 heterocycles. The molecule has 0 saturated carbocycles. The highest BCUT2D eigenvalue weighted by Crippen LogP contribution is 2.41. The first-order valence-electron chi connectivity index (χ1n) is 12.1. The summed E-state index contributed by atoms with van der Waals surface area (Å²) in [7, 11) is 3.17. The molecule has 0 aliphatic carbocycles. The Morgan fingerprint density at radius 3 is 2.73 bits per heavy atom. The molecule has 0 spiro atoms. The van der Waals surface area contributed by atoms with Gasteiger partial charge in [-0.15, -0.1) is 10.2 Å². The number of benzene rings is 2. The van der Waals surface area contributed by atoms with Gasteiger partial charge in [-0.05, 0) is 48.4 Å². The summed E-state index contributed by atoms with van der Waals surface area (Å²) in [5, 5.41) is 13.2. The number of likely N-dealkylation sites (N-methyl/N-ethyl adjacent to an activating group) is 1. The molecule has 0 unspecified atom stereocenters. The summed E-state index contributed by atoms with van der Waals surface area (Å²) >= 11 is 6.69. The fourth-order valence-corrected chi connectivity index (χ4v) is 5.14. The van der Waals surface area contributed by atoms with Crippen molar-refractivity contribution in [2.24, 2.45) is 0 Å². The zero-order chi connectivity index (χ0) is 25.5. The molecule has 10 heteroatoms. The van der Waals surface area contributed by atoms with Gasteiger partial charge in [-0.1, -0.05) is 24.6 Å². The number of nitrogens with zero attached hydrogens (tertiary/aromatic N) is 6. The third kappa shape index (κ3) is 4.20. The van der Waals surface area contributed by atoms with Crippen molar-refractivity contribution in [3.8, 4) is 22.6 Å².